The van der Waals surface area contributed by atoms with Crippen molar-refractivity contribution in [1.82, 2.24) is 0 Å². The van der Waals surface area contributed by atoms with Crippen LogP contribution in [0.5, 0.6) is 11.5 Å². The fourth-order valence-corrected chi connectivity index (χ4v) is 4.39. The molecule has 0 saturated carbocycles. The molecule has 0 spiro atoms. The molecule has 40 heavy (non-hydrogen) atoms. The van der Waals surface area contributed by atoms with E-state index in [9.17, 15) is 35.1 Å². The molecule has 3 rings (SSSR count). The van der Waals surface area contributed by atoms with Crippen molar-refractivity contribution < 1.29 is 63.5 Å². The number of phenols is 1. The number of esters is 2. The van der Waals surface area contributed by atoms with Crippen molar-refractivity contribution in [2.45, 2.75) is 43.4 Å². The predicted molar refractivity (Wildman–Crippen MR) is 136 cm³/mol. The number of phenolic OH excluding ortho intramolecular Hbond substituents is 1. The molecule has 13 heteroatoms. The number of methoxy groups -OCH3 is 2. The summed E-state index contributed by atoms with van der Waals surface area (Å²) >= 11 is 0. The van der Waals surface area contributed by atoms with E-state index in [0.717, 1.165) is 6.26 Å². The van der Waals surface area contributed by atoms with Crippen molar-refractivity contribution in [2.24, 2.45) is 11.8 Å². The van der Waals surface area contributed by atoms with Crippen LogP contribution in [-0.2, 0) is 33.3 Å². The molecule has 0 aliphatic carbocycles. The molecule has 0 unspecified atom stereocenters. The summed E-state index contributed by atoms with van der Waals surface area (Å²) in [6.45, 7) is 3.03. The standard InChI is InChI=1S/C27H34O13/c1-4-15-16(9-10-37-21(30)8-6-14-5-7-18(29)19(11-14)35-2)17(25(34)36-3)13-38-26(15)40-27-24(33)23(32)22(31)20(12-28)39-27/h4-8,11,13,15-16,20,22-24,26-29,31-33H,1,9-10,12H2,2-3H3/b8-6+/t15-,16+,20-,22-,23+,24-,26+,27+/m1/s1. The van der Waals surface area contributed by atoms with Gasteiger partial charge in [-0.1, -0.05) is 12.1 Å². The van der Waals surface area contributed by atoms with Crippen LogP contribution in [0, 0.1) is 11.8 Å². The number of benzene rings is 1. The number of ether oxygens (including phenoxy) is 6. The highest BCUT2D eigenvalue weighted by atomic mass is 16.8. The van der Waals surface area contributed by atoms with E-state index in [-0.39, 0.29) is 30.1 Å². The molecule has 2 heterocycles. The lowest BCUT2D eigenvalue weighted by Gasteiger charge is -2.43. The minimum atomic E-state index is -1.67. The highest BCUT2D eigenvalue weighted by Crippen LogP contribution is 2.37. The van der Waals surface area contributed by atoms with E-state index >= 15 is 0 Å². The summed E-state index contributed by atoms with van der Waals surface area (Å²) in [4.78, 5) is 24.7. The number of rotatable bonds is 11. The summed E-state index contributed by atoms with van der Waals surface area (Å²) in [6.07, 6.45) is -3.36. The van der Waals surface area contributed by atoms with Crippen LogP contribution >= 0.6 is 0 Å². The molecule has 0 aromatic heterocycles. The minimum absolute atomic E-state index is 0.0428. The molecular formula is C27H34O13. The van der Waals surface area contributed by atoms with Crippen molar-refractivity contribution in [2.75, 3.05) is 27.4 Å². The predicted octanol–water partition coefficient (Wildman–Crippen LogP) is -0.00460. The van der Waals surface area contributed by atoms with Gasteiger partial charge in [-0.15, -0.1) is 6.58 Å². The Morgan fingerprint density at radius 2 is 1.85 bits per heavy atom. The highest BCUT2D eigenvalue weighted by molar-refractivity contribution is 5.89. The Labute approximate surface area is 230 Å². The monoisotopic (exact) mass is 566 g/mol. The fraction of sp³-hybridized carbons (Fsp3) is 0.481. The average molecular weight is 567 g/mol. The number of carbonyl (C=O) groups is 2. The second kappa shape index (κ2) is 14.3. The smallest absolute Gasteiger partial charge is 0.337 e. The Kier molecular flexibility index (Phi) is 11.1. The Balaban J connectivity index is 1.68. The number of aliphatic hydroxyl groups excluding tert-OH is 4. The van der Waals surface area contributed by atoms with Crippen LogP contribution < -0.4 is 4.74 Å². The van der Waals surface area contributed by atoms with Gasteiger partial charge in [-0.3, -0.25) is 0 Å². The van der Waals surface area contributed by atoms with Crippen molar-refractivity contribution in [3.05, 3.63) is 54.3 Å². The summed E-state index contributed by atoms with van der Waals surface area (Å²) in [5, 5.41) is 49.5. The fourth-order valence-electron chi connectivity index (χ4n) is 4.39. The van der Waals surface area contributed by atoms with Crippen molar-refractivity contribution in [3.8, 4) is 11.5 Å². The van der Waals surface area contributed by atoms with Gasteiger partial charge in [0.1, 0.15) is 24.4 Å². The Bertz CT molecular complexity index is 1100. The van der Waals surface area contributed by atoms with E-state index in [1.54, 1.807) is 12.1 Å². The van der Waals surface area contributed by atoms with Crippen LogP contribution in [0.25, 0.3) is 6.08 Å². The lowest BCUT2D eigenvalue weighted by Crippen LogP contribution is -2.60. The molecule has 13 nitrogen and oxygen atoms in total. The van der Waals surface area contributed by atoms with Crippen LogP contribution in [0.1, 0.15) is 12.0 Å². The molecule has 2 aliphatic rings. The summed E-state index contributed by atoms with van der Waals surface area (Å²) in [6, 6.07) is 4.55. The van der Waals surface area contributed by atoms with Gasteiger partial charge in [0.05, 0.1) is 39.3 Å². The molecule has 1 aromatic carbocycles. The molecule has 1 fully saturated rings. The zero-order valence-electron chi connectivity index (χ0n) is 22.0. The van der Waals surface area contributed by atoms with Gasteiger partial charge in [0, 0.05) is 17.9 Å². The van der Waals surface area contributed by atoms with E-state index in [0.29, 0.717) is 5.56 Å². The number of carbonyl (C=O) groups excluding carboxylic acids is 2. The molecule has 0 radical (unpaired) electrons. The second-order valence-corrected chi connectivity index (χ2v) is 9.04. The van der Waals surface area contributed by atoms with E-state index in [4.69, 9.17) is 28.4 Å². The number of hydrogen-bond acceptors (Lipinski definition) is 13. The SMILES string of the molecule is C=C[C@H]1[C@H](O[C@@H]2O[C@H](CO)[C@@H](O)[C@H](O)[C@H]2O)OC=C(C(=O)OC)[C@H]1CCOC(=O)/C=C/c1ccc(O)c(OC)c1. The van der Waals surface area contributed by atoms with Crippen LogP contribution in [-0.4, -0.2) is 102 Å². The van der Waals surface area contributed by atoms with Crippen molar-refractivity contribution in [1.29, 1.82) is 0 Å². The Morgan fingerprint density at radius 1 is 1.10 bits per heavy atom. The Hall–Kier alpha value is -3.46. The van der Waals surface area contributed by atoms with Gasteiger partial charge in [0.15, 0.2) is 17.8 Å². The quantitative estimate of drug-likeness (QED) is 0.137. The largest absolute Gasteiger partial charge is 0.504 e. The van der Waals surface area contributed by atoms with Gasteiger partial charge in [0.2, 0.25) is 6.29 Å². The lowest BCUT2D eigenvalue weighted by molar-refractivity contribution is -0.339. The number of hydrogen-bond donors (Lipinski definition) is 5. The minimum Gasteiger partial charge on any atom is -0.504 e. The molecule has 220 valence electrons. The maximum Gasteiger partial charge on any atom is 0.337 e. The van der Waals surface area contributed by atoms with Gasteiger partial charge in [0.25, 0.3) is 0 Å². The van der Waals surface area contributed by atoms with Gasteiger partial charge in [-0.05, 0) is 30.2 Å². The summed E-state index contributed by atoms with van der Waals surface area (Å²) in [7, 11) is 2.60. The number of aromatic hydroxyl groups is 1. The maximum absolute atomic E-state index is 12.4. The zero-order valence-corrected chi connectivity index (χ0v) is 22.0. The van der Waals surface area contributed by atoms with Crippen LogP contribution in [0.4, 0.5) is 0 Å². The summed E-state index contributed by atoms with van der Waals surface area (Å²) in [5.41, 5.74) is 0.718. The molecule has 0 amide bonds. The van der Waals surface area contributed by atoms with Crippen LogP contribution in [0.15, 0.2) is 48.8 Å². The van der Waals surface area contributed by atoms with E-state index in [2.05, 4.69) is 6.58 Å². The molecule has 1 aromatic rings. The molecular weight excluding hydrogens is 532 g/mol. The third kappa shape index (κ3) is 7.18. The van der Waals surface area contributed by atoms with Crippen LogP contribution in [0.3, 0.4) is 0 Å². The summed E-state index contributed by atoms with van der Waals surface area (Å²) < 4.78 is 31.9. The molecule has 2 aliphatic heterocycles. The topological polar surface area (TPSA) is 191 Å². The Morgan fingerprint density at radius 3 is 2.50 bits per heavy atom. The van der Waals surface area contributed by atoms with Crippen molar-refractivity contribution in [3.63, 3.8) is 0 Å². The third-order valence-electron chi connectivity index (χ3n) is 6.61. The normalized spacial score (nSPS) is 30.2. The van der Waals surface area contributed by atoms with Gasteiger partial charge in [-0.2, -0.15) is 0 Å². The van der Waals surface area contributed by atoms with E-state index in [1.165, 1.54) is 38.5 Å². The first-order valence-corrected chi connectivity index (χ1v) is 12.4. The van der Waals surface area contributed by atoms with Gasteiger partial charge >= 0.3 is 11.9 Å². The molecule has 1 saturated heterocycles. The summed E-state index contributed by atoms with van der Waals surface area (Å²) in [5.74, 6) is -2.54. The third-order valence-corrected chi connectivity index (χ3v) is 6.61. The van der Waals surface area contributed by atoms with E-state index < -0.39 is 67.4 Å². The molecule has 8 atom stereocenters. The molecule has 5 N–H and O–H groups in total. The highest BCUT2D eigenvalue weighted by Gasteiger charge is 2.47. The number of aliphatic hydroxyl groups is 4. The molecule has 0 bridgehead atoms. The van der Waals surface area contributed by atoms with E-state index in [1.807, 2.05) is 0 Å². The average Bonchev–Trinajstić information content (AvgIpc) is 2.96. The maximum atomic E-state index is 12.4. The second-order valence-electron chi connectivity index (χ2n) is 9.04. The first-order valence-electron chi connectivity index (χ1n) is 12.4. The van der Waals surface area contributed by atoms with Gasteiger partial charge < -0.3 is 54.0 Å². The lowest BCUT2D eigenvalue weighted by atomic mass is 9.82. The van der Waals surface area contributed by atoms with Crippen molar-refractivity contribution >= 4 is 18.0 Å². The zero-order chi connectivity index (χ0) is 29.4. The first-order chi connectivity index (χ1) is 19.1. The first kappa shape index (κ1) is 31.1. The van der Waals surface area contributed by atoms with Gasteiger partial charge in [-0.25, -0.2) is 9.59 Å². The van der Waals surface area contributed by atoms with Crippen LogP contribution in [0.2, 0.25) is 0 Å².